The number of nitrogens with one attached hydrogen (secondary N) is 1. The number of hydrogen-bond donors (Lipinski definition) is 1. The molecule has 23 heavy (non-hydrogen) atoms. The number of amides is 1. The summed E-state index contributed by atoms with van der Waals surface area (Å²) in [7, 11) is 1.61. The Hall–Kier alpha value is -2.04. The molecule has 0 saturated heterocycles. The molecule has 0 aromatic heterocycles. The van der Waals surface area contributed by atoms with Crippen LogP contribution in [0.1, 0.15) is 18.1 Å². The highest BCUT2D eigenvalue weighted by Gasteiger charge is 2.16. The van der Waals surface area contributed by atoms with Crippen molar-refractivity contribution in [3.63, 3.8) is 0 Å². The van der Waals surface area contributed by atoms with Crippen LogP contribution in [0.2, 0.25) is 5.02 Å². The van der Waals surface area contributed by atoms with Crippen molar-refractivity contribution >= 4 is 23.2 Å². The lowest BCUT2D eigenvalue weighted by Gasteiger charge is -2.16. The third-order valence-corrected chi connectivity index (χ3v) is 3.79. The summed E-state index contributed by atoms with van der Waals surface area (Å²) in [6.07, 6.45) is -0.600. The second-order valence-corrected chi connectivity index (χ2v) is 5.63. The van der Waals surface area contributed by atoms with Crippen molar-refractivity contribution in [3.05, 3.63) is 58.6 Å². The molecule has 122 valence electrons. The molecule has 2 aromatic carbocycles. The molecule has 2 rings (SSSR count). The Labute approximate surface area is 141 Å². The van der Waals surface area contributed by atoms with Crippen LogP contribution in [0.15, 0.2) is 42.5 Å². The molecule has 0 saturated carbocycles. The number of carbonyl (C=O) groups excluding carboxylic acids is 1. The first-order chi connectivity index (χ1) is 11.0. The van der Waals surface area contributed by atoms with Gasteiger partial charge in [0.2, 0.25) is 0 Å². The largest absolute Gasteiger partial charge is 0.497 e. The Kier molecular flexibility index (Phi) is 6.02. The first-order valence-corrected chi connectivity index (χ1v) is 7.69. The Morgan fingerprint density at radius 3 is 2.70 bits per heavy atom. The smallest absolute Gasteiger partial charge is 0.253 e. The van der Waals surface area contributed by atoms with Crippen LogP contribution < -0.4 is 10.1 Å². The van der Waals surface area contributed by atoms with Crippen molar-refractivity contribution in [2.75, 3.05) is 12.4 Å². The van der Waals surface area contributed by atoms with Gasteiger partial charge in [-0.3, -0.25) is 4.79 Å². The van der Waals surface area contributed by atoms with E-state index in [4.69, 9.17) is 21.1 Å². The number of hydrogen-bond acceptors (Lipinski definition) is 3. The number of methoxy groups -OCH3 is 1. The molecule has 1 atom stereocenters. The second kappa shape index (κ2) is 7.99. The molecule has 5 heteroatoms. The van der Waals surface area contributed by atoms with Crippen molar-refractivity contribution in [3.8, 4) is 5.75 Å². The molecule has 0 aliphatic rings. The van der Waals surface area contributed by atoms with Crippen molar-refractivity contribution in [2.24, 2.45) is 0 Å². The molecule has 0 fully saturated rings. The Morgan fingerprint density at radius 2 is 2.00 bits per heavy atom. The predicted molar refractivity (Wildman–Crippen MR) is 92.1 cm³/mol. The topological polar surface area (TPSA) is 47.6 Å². The minimum Gasteiger partial charge on any atom is -0.497 e. The van der Waals surface area contributed by atoms with E-state index < -0.39 is 6.10 Å². The molecule has 0 heterocycles. The van der Waals surface area contributed by atoms with Gasteiger partial charge in [0.05, 0.1) is 24.4 Å². The van der Waals surface area contributed by atoms with Gasteiger partial charge in [0.15, 0.2) is 0 Å². The average Bonchev–Trinajstić information content (AvgIpc) is 2.56. The summed E-state index contributed by atoms with van der Waals surface area (Å²) in [6, 6.07) is 13.0. The highest BCUT2D eigenvalue weighted by Crippen LogP contribution is 2.25. The van der Waals surface area contributed by atoms with E-state index in [1.807, 2.05) is 43.3 Å². The molecule has 0 aliphatic carbocycles. The minimum atomic E-state index is -0.600. The summed E-state index contributed by atoms with van der Waals surface area (Å²) in [5.41, 5.74) is 2.47. The standard InChI is InChI=1S/C18H20ClNO3/c1-12-6-4-9-16(19)17(12)20-18(21)13(2)23-11-14-7-5-8-15(10-14)22-3/h4-10,13H,11H2,1-3H3,(H,20,21). The van der Waals surface area contributed by atoms with Gasteiger partial charge in [0.1, 0.15) is 11.9 Å². The average molecular weight is 334 g/mol. The quantitative estimate of drug-likeness (QED) is 0.861. The first kappa shape index (κ1) is 17.3. The monoisotopic (exact) mass is 333 g/mol. The molecule has 1 N–H and O–H groups in total. The van der Waals surface area contributed by atoms with Gasteiger partial charge in [0, 0.05) is 0 Å². The van der Waals surface area contributed by atoms with E-state index in [-0.39, 0.29) is 5.91 Å². The molecular weight excluding hydrogens is 314 g/mol. The van der Waals surface area contributed by atoms with E-state index in [1.54, 1.807) is 20.1 Å². The van der Waals surface area contributed by atoms with Crippen LogP contribution in [-0.2, 0) is 16.1 Å². The zero-order valence-corrected chi connectivity index (χ0v) is 14.2. The lowest BCUT2D eigenvalue weighted by atomic mass is 10.2. The fraction of sp³-hybridized carbons (Fsp3) is 0.278. The number of ether oxygens (including phenoxy) is 2. The van der Waals surface area contributed by atoms with E-state index >= 15 is 0 Å². The van der Waals surface area contributed by atoms with Gasteiger partial charge in [-0.15, -0.1) is 0 Å². The maximum Gasteiger partial charge on any atom is 0.253 e. The van der Waals surface area contributed by atoms with Crippen molar-refractivity contribution in [1.29, 1.82) is 0 Å². The van der Waals surface area contributed by atoms with E-state index in [0.29, 0.717) is 17.3 Å². The van der Waals surface area contributed by atoms with E-state index in [9.17, 15) is 4.79 Å². The molecule has 0 radical (unpaired) electrons. The molecule has 0 aliphatic heterocycles. The molecule has 1 amide bonds. The SMILES string of the molecule is COc1cccc(COC(C)C(=O)Nc2c(C)cccc2Cl)c1. The first-order valence-electron chi connectivity index (χ1n) is 7.31. The highest BCUT2D eigenvalue weighted by atomic mass is 35.5. The van der Waals surface area contributed by atoms with E-state index in [0.717, 1.165) is 16.9 Å². The summed E-state index contributed by atoms with van der Waals surface area (Å²) in [4.78, 5) is 12.2. The zero-order chi connectivity index (χ0) is 16.8. The normalized spacial score (nSPS) is 11.8. The van der Waals surface area contributed by atoms with Gasteiger partial charge >= 0.3 is 0 Å². The fourth-order valence-corrected chi connectivity index (χ4v) is 2.34. The van der Waals surface area contributed by atoms with Crippen LogP contribution in [0, 0.1) is 6.92 Å². The van der Waals surface area contributed by atoms with Crippen molar-refractivity contribution in [1.82, 2.24) is 0 Å². The fourth-order valence-electron chi connectivity index (χ4n) is 2.07. The molecule has 4 nitrogen and oxygen atoms in total. The summed E-state index contributed by atoms with van der Waals surface area (Å²) >= 11 is 6.12. The number of para-hydroxylation sites is 1. The van der Waals surface area contributed by atoms with Gasteiger partial charge in [-0.25, -0.2) is 0 Å². The zero-order valence-electron chi connectivity index (χ0n) is 13.4. The molecule has 0 spiro atoms. The number of rotatable bonds is 6. The van der Waals surface area contributed by atoms with E-state index in [1.165, 1.54) is 0 Å². The lowest BCUT2D eigenvalue weighted by molar-refractivity contribution is -0.127. The lowest BCUT2D eigenvalue weighted by Crippen LogP contribution is -2.28. The maximum absolute atomic E-state index is 12.2. The van der Waals surface area contributed by atoms with Crippen LogP contribution in [0.5, 0.6) is 5.75 Å². The highest BCUT2D eigenvalue weighted by molar-refractivity contribution is 6.34. The summed E-state index contributed by atoms with van der Waals surface area (Å²) in [6.45, 7) is 3.93. The summed E-state index contributed by atoms with van der Waals surface area (Å²) < 4.78 is 10.8. The summed E-state index contributed by atoms with van der Waals surface area (Å²) in [5, 5.41) is 3.33. The number of anilines is 1. The van der Waals surface area contributed by atoms with Crippen LogP contribution in [0.3, 0.4) is 0 Å². The van der Waals surface area contributed by atoms with Crippen LogP contribution in [0.25, 0.3) is 0 Å². The predicted octanol–water partition coefficient (Wildman–Crippen LogP) is 4.20. The Morgan fingerprint density at radius 1 is 1.26 bits per heavy atom. The van der Waals surface area contributed by atoms with Gasteiger partial charge in [-0.1, -0.05) is 35.9 Å². The maximum atomic E-state index is 12.2. The van der Waals surface area contributed by atoms with Gasteiger partial charge < -0.3 is 14.8 Å². The number of halogens is 1. The second-order valence-electron chi connectivity index (χ2n) is 5.23. The van der Waals surface area contributed by atoms with Gasteiger partial charge in [-0.05, 0) is 43.2 Å². The van der Waals surface area contributed by atoms with Crippen LogP contribution in [-0.4, -0.2) is 19.1 Å². The number of carbonyl (C=O) groups is 1. The molecule has 1 unspecified atom stereocenters. The van der Waals surface area contributed by atoms with Crippen LogP contribution >= 0.6 is 11.6 Å². The number of aryl methyl sites for hydroxylation is 1. The van der Waals surface area contributed by atoms with Gasteiger partial charge in [0.25, 0.3) is 5.91 Å². The molecular formula is C18H20ClNO3. The molecule has 2 aromatic rings. The van der Waals surface area contributed by atoms with Crippen molar-refractivity contribution < 1.29 is 14.3 Å². The summed E-state index contributed by atoms with van der Waals surface area (Å²) in [5.74, 6) is 0.527. The Bertz CT molecular complexity index is 667. The Balaban J connectivity index is 1.95. The van der Waals surface area contributed by atoms with Gasteiger partial charge in [-0.2, -0.15) is 0 Å². The third kappa shape index (κ3) is 4.71. The third-order valence-electron chi connectivity index (χ3n) is 3.47. The van der Waals surface area contributed by atoms with E-state index in [2.05, 4.69) is 5.32 Å². The number of benzene rings is 2. The minimum absolute atomic E-state index is 0.232. The van der Waals surface area contributed by atoms with Crippen molar-refractivity contribution in [2.45, 2.75) is 26.6 Å². The van der Waals surface area contributed by atoms with Crippen LogP contribution in [0.4, 0.5) is 5.69 Å². The molecule has 0 bridgehead atoms.